The molecule has 0 spiro atoms. The number of aromatic nitrogens is 1. The highest BCUT2D eigenvalue weighted by molar-refractivity contribution is 6.00. The number of hydrogen-bond acceptors (Lipinski definition) is 4. The molecule has 2 amide bonds. The Hall–Kier alpha value is -3.09. The lowest BCUT2D eigenvalue weighted by Gasteiger charge is -2.10. The summed E-state index contributed by atoms with van der Waals surface area (Å²) >= 11 is 0. The second kappa shape index (κ2) is 6.38. The number of hydrogen-bond donors (Lipinski definition) is 3. The molecular formula is C14H13N3O4. The van der Waals surface area contributed by atoms with Gasteiger partial charge < -0.3 is 20.5 Å². The van der Waals surface area contributed by atoms with Gasteiger partial charge in [-0.3, -0.25) is 0 Å². The number of anilines is 2. The maximum atomic E-state index is 11.8. The van der Waals surface area contributed by atoms with Crippen molar-refractivity contribution in [3.8, 4) is 5.75 Å². The van der Waals surface area contributed by atoms with Crippen LogP contribution in [0.25, 0.3) is 0 Å². The van der Waals surface area contributed by atoms with Crippen LogP contribution in [0.4, 0.5) is 16.2 Å². The van der Waals surface area contributed by atoms with Crippen LogP contribution in [0.5, 0.6) is 5.75 Å². The van der Waals surface area contributed by atoms with Gasteiger partial charge in [0.05, 0.1) is 24.7 Å². The molecule has 0 fully saturated rings. The van der Waals surface area contributed by atoms with Crippen LogP contribution in [0.15, 0.2) is 42.6 Å². The number of aromatic carboxylic acids is 1. The van der Waals surface area contributed by atoms with Crippen LogP contribution in [0.3, 0.4) is 0 Å². The summed E-state index contributed by atoms with van der Waals surface area (Å²) in [5.41, 5.74) is 0.811. The second-order valence-corrected chi connectivity index (χ2v) is 4.02. The average molecular weight is 287 g/mol. The zero-order valence-corrected chi connectivity index (χ0v) is 11.2. The van der Waals surface area contributed by atoms with Crippen molar-refractivity contribution in [2.24, 2.45) is 0 Å². The van der Waals surface area contributed by atoms with E-state index in [1.807, 2.05) is 0 Å². The van der Waals surface area contributed by atoms with Crippen molar-refractivity contribution in [2.45, 2.75) is 0 Å². The highest BCUT2D eigenvalue weighted by atomic mass is 16.5. The van der Waals surface area contributed by atoms with Crippen molar-refractivity contribution >= 4 is 23.4 Å². The van der Waals surface area contributed by atoms with Gasteiger partial charge in [0.1, 0.15) is 11.4 Å². The first-order valence-corrected chi connectivity index (χ1v) is 6.00. The van der Waals surface area contributed by atoms with Gasteiger partial charge in [0.2, 0.25) is 0 Å². The number of methoxy groups -OCH3 is 1. The molecule has 1 aromatic carbocycles. The summed E-state index contributed by atoms with van der Waals surface area (Å²) in [5.74, 6) is -0.591. The van der Waals surface area contributed by atoms with Crippen LogP contribution in [-0.4, -0.2) is 29.2 Å². The monoisotopic (exact) mass is 287 g/mol. The van der Waals surface area contributed by atoms with Gasteiger partial charge in [0, 0.05) is 0 Å². The molecule has 1 heterocycles. The normalized spacial score (nSPS) is 9.76. The molecule has 3 N–H and O–H groups in total. The number of urea groups is 1. The molecule has 2 aromatic rings. The van der Waals surface area contributed by atoms with Gasteiger partial charge in [-0.15, -0.1) is 0 Å². The standard InChI is InChI=1S/C14H13N3O4/c1-21-12-5-3-2-4-10(12)17-14(20)16-9-6-7-11(13(18)19)15-8-9/h2-8H,1H3,(H,18,19)(H2,16,17,20). The molecule has 0 unspecified atom stereocenters. The minimum absolute atomic E-state index is 0.0920. The molecule has 7 nitrogen and oxygen atoms in total. The Balaban J connectivity index is 2.03. The highest BCUT2D eigenvalue weighted by Crippen LogP contribution is 2.23. The van der Waals surface area contributed by atoms with E-state index >= 15 is 0 Å². The van der Waals surface area contributed by atoms with E-state index in [0.29, 0.717) is 17.1 Å². The van der Waals surface area contributed by atoms with Gasteiger partial charge in [-0.25, -0.2) is 14.6 Å². The van der Waals surface area contributed by atoms with E-state index in [-0.39, 0.29) is 5.69 Å². The van der Waals surface area contributed by atoms with E-state index in [0.717, 1.165) is 0 Å². The number of ether oxygens (including phenoxy) is 1. The topological polar surface area (TPSA) is 101 Å². The number of pyridine rings is 1. The fraction of sp³-hybridized carbons (Fsp3) is 0.0714. The third-order valence-corrected chi connectivity index (χ3v) is 2.60. The summed E-state index contributed by atoms with van der Waals surface area (Å²) in [7, 11) is 1.51. The van der Waals surface area contributed by atoms with Crippen molar-refractivity contribution in [3.63, 3.8) is 0 Å². The summed E-state index contributed by atoms with van der Waals surface area (Å²) < 4.78 is 5.12. The number of benzene rings is 1. The van der Waals surface area contributed by atoms with Crippen molar-refractivity contribution < 1.29 is 19.4 Å². The van der Waals surface area contributed by atoms with Crippen LogP contribution >= 0.6 is 0 Å². The summed E-state index contributed by atoms with van der Waals surface area (Å²) in [6.07, 6.45) is 1.27. The van der Waals surface area contributed by atoms with Crippen molar-refractivity contribution in [2.75, 3.05) is 17.7 Å². The van der Waals surface area contributed by atoms with Crippen LogP contribution < -0.4 is 15.4 Å². The number of para-hydroxylation sites is 2. The maximum Gasteiger partial charge on any atom is 0.354 e. The largest absolute Gasteiger partial charge is 0.495 e. The first kappa shape index (κ1) is 14.3. The van der Waals surface area contributed by atoms with Gasteiger partial charge in [-0.05, 0) is 24.3 Å². The number of carbonyl (C=O) groups is 2. The van der Waals surface area contributed by atoms with E-state index in [4.69, 9.17) is 9.84 Å². The Morgan fingerprint density at radius 3 is 2.52 bits per heavy atom. The van der Waals surface area contributed by atoms with Crippen LogP contribution in [0.1, 0.15) is 10.5 Å². The second-order valence-electron chi connectivity index (χ2n) is 4.02. The molecule has 0 atom stereocenters. The molecule has 108 valence electrons. The fourth-order valence-corrected chi connectivity index (χ4v) is 1.63. The molecule has 21 heavy (non-hydrogen) atoms. The summed E-state index contributed by atoms with van der Waals surface area (Å²) in [4.78, 5) is 26.2. The predicted molar refractivity (Wildman–Crippen MR) is 76.8 cm³/mol. The van der Waals surface area contributed by atoms with Crippen molar-refractivity contribution in [1.29, 1.82) is 0 Å². The van der Waals surface area contributed by atoms with E-state index in [1.54, 1.807) is 24.3 Å². The summed E-state index contributed by atoms with van der Waals surface area (Å²) in [6.45, 7) is 0. The number of nitrogens with zero attached hydrogens (tertiary/aromatic N) is 1. The average Bonchev–Trinajstić information content (AvgIpc) is 2.48. The fourth-order valence-electron chi connectivity index (χ4n) is 1.63. The number of rotatable bonds is 4. The Kier molecular flexibility index (Phi) is 4.35. The lowest BCUT2D eigenvalue weighted by Crippen LogP contribution is -2.20. The third kappa shape index (κ3) is 3.69. The molecule has 0 aliphatic carbocycles. The van der Waals surface area contributed by atoms with Gasteiger partial charge >= 0.3 is 12.0 Å². The van der Waals surface area contributed by atoms with Crippen molar-refractivity contribution in [3.05, 3.63) is 48.3 Å². The minimum atomic E-state index is -1.12. The molecule has 0 saturated carbocycles. The lowest BCUT2D eigenvalue weighted by molar-refractivity contribution is 0.0690. The number of amides is 2. The lowest BCUT2D eigenvalue weighted by atomic mass is 10.3. The minimum Gasteiger partial charge on any atom is -0.495 e. The third-order valence-electron chi connectivity index (χ3n) is 2.60. The molecule has 1 aromatic heterocycles. The van der Waals surface area contributed by atoms with Gasteiger partial charge in [-0.1, -0.05) is 12.1 Å². The summed E-state index contributed by atoms with van der Waals surface area (Å²) in [5, 5.41) is 13.9. The number of nitrogens with one attached hydrogen (secondary N) is 2. The Labute approximate surface area is 120 Å². The molecule has 0 aliphatic heterocycles. The van der Waals surface area contributed by atoms with Crippen LogP contribution in [0.2, 0.25) is 0 Å². The van der Waals surface area contributed by atoms with Gasteiger partial charge in [0.25, 0.3) is 0 Å². The first-order chi connectivity index (χ1) is 10.1. The quantitative estimate of drug-likeness (QED) is 0.801. The number of carbonyl (C=O) groups excluding carboxylic acids is 1. The Morgan fingerprint density at radius 1 is 1.14 bits per heavy atom. The molecule has 2 rings (SSSR count). The van der Waals surface area contributed by atoms with E-state index in [2.05, 4.69) is 15.6 Å². The smallest absolute Gasteiger partial charge is 0.354 e. The zero-order valence-electron chi connectivity index (χ0n) is 11.2. The molecule has 0 saturated heterocycles. The molecule has 0 radical (unpaired) electrons. The van der Waals surface area contributed by atoms with Crippen LogP contribution in [-0.2, 0) is 0 Å². The molecule has 0 bridgehead atoms. The van der Waals surface area contributed by atoms with E-state index in [9.17, 15) is 9.59 Å². The zero-order chi connectivity index (χ0) is 15.2. The van der Waals surface area contributed by atoms with Gasteiger partial charge in [-0.2, -0.15) is 0 Å². The number of carboxylic acid groups (broad SMARTS) is 1. The first-order valence-electron chi connectivity index (χ1n) is 6.00. The maximum absolute atomic E-state index is 11.8. The predicted octanol–water partition coefficient (Wildman–Crippen LogP) is 2.43. The molecule has 7 heteroatoms. The molecule has 0 aliphatic rings. The number of carboxylic acids is 1. The van der Waals surface area contributed by atoms with E-state index in [1.165, 1.54) is 25.4 Å². The van der Waals surface area contributed by atoms with Crippen LogP contribution in [0, 0.1) is 0 Å². The highest BCUT2D eigenvalue weighted by Gasteiger charge is 2.08. The molecular weight excluding hydrogens is 274 g/mol. The SMILES string of the molecule is COc1ccccc1NC(=O)Nc1ccc(C(=O)O)nc1. The van der Waals surface area contributed by atoms with E-state index < -0.39 is 12.0 Å². The Bertz CT molecular complexity index is 656. The Morgan fingerprint density at radius 2 is 1.90 bits per heavy atom. The van der Waals surface area contributed by atoms with Crippen molar-refractivity contribution in [1.82, 2.24) is 4.98 Å². The summed E-state index contributed by atoms with van der Waals surface area (Å²) in [6, 6.07) is 9.25. The van der Waals surface area contributed by atoms with Gasteiger partial charge in [0.15, 0.2) is 0 Å².